The lowest BCUT2D eigenvalue weighted by Crippen LogP contribution is -2.13. The minimum absolute atomic E-state index is 0.156. The van der Waals surface area contributed by atoms with Crippen LogP contribution in [0.1, 0.15) is 27.0 Å². The highest BCUT2D eigenvalue weighted by atomic mass is 16.1. The Labute approximate surface area is 147 Å². The van der Waals surface area contributed by atoms with Crippen LogP contribution in [0.15, 0.2) is 66.9 Å². The zero-order chi connectivity index (χ0) is 17.6. The van der Waals surface area contributed by atoms with Crippen molar-refractivity contribution in [2.75, 3.05) is 10.6 Å². The third kappa shape index (κ3) is 4.44. The Kier molecular flexibility index (Phi) is 5.09. The number of carbonyl (C=O) groups is 1. The number of anilines is 2. The Morgan fingerprint density at radius 2 is 1.84 bits per heavy atom. The Balaban J connectivity index is 1.60. The molecule has 0 radical (unpaired) electrons. The van der Waals surface area contributed by atoms with Crippen LogP contribution in [0.5, 0.6) is 0 Å². The normalized spacial score (nSPS) is 10.3. The summed E-state index contributed by atoms with van der Waals surface area (Å²) in [6.45, 7) is 4.80. The van der Waals surface area contributed by atoms with E-state index in [9.17, 15) is 4.79 Å². The number of nitrogens with one attached hydrogen (secondary N) is 2. The Hall–Kier alpha value is -3.14. The summed E-state index contributed by atoms with van der Waals surface area (Å²) in [7, 11) is 0. The van der Waals surface area contributed by atoms with Crippen molar-refractivity contribution in [1.82, 2.24) is 4.98 Å². The van der Waals surface area contributed by atoms with E-state index in [0.29, 0.717) is 11.4 Å². The fraction of sp³-hybridized carbons (Fsp3) is 0.143. The molecule has 25 heavy (non-hydrogen) atoms. The lowest BCUT2D eigenvalue weighted by molar-refractivity contribution is 0.102. The number of carbonyl (C=O) groups excluding carboxylic acids is 1. The minimum Gasteiger partial charge on any atom is -0.380 e. The molecule has 126 valence electrons. The molecule has 1 aromatic heterocycles. The summed E-state index contributed by atoms with van der Waals surface area (Å²) in [5, 5.41) is 6.16. The van der Waals surface area contributed by atoms with Gasteiger partial charge in [-0.3, -0.25) is 4.79 Å². The number of nitrogens with zero attached hydrogens (tertiary/aromatic N) is 1. The van der Waals surface area contributed by atoms with E-state index in [4.69, 9.17) is 0 Å². The molecule has 1 heterocycles. The molecule has 3 rings (SSSR count). The maximum atomic E-state index is 12.2. The number of pyridine rings is 1. The molecule has 0 unspecified atom stereocenters. The van der Waals surface area contributed by atoms with Crippen molar-refractivity contribution >= 4 is 17.4 Å². The van der Waals surface area contributed by atoms with Gasteiger partial charge < -0.3 is 10.6 Å². The molecule has 1 amide bonds. The maximum absolute atomic E-state index is 12.2. The largest absolute Gasteiger partial charge is 0.380 e. The molecule has 4 nitrogen and oxygen atoms in total. The second kappa shape index (κ2) is 7.62. The van der Waals surface area contributed by atoms with Gasteiger partial charge in [-0.2, -0.15) is 0 Å². The highest BCUT2D eigenvalue weighted by molar-refractivity contribution is 6.03. The van der Waals surface area contributed by atoms with Gasteiger partial charge in [-0.1, -0.05) is 42.0 Å². The second-order valence-corrected chi connectivity index (χ2v) is 6.04. The van der Waals surface area contributed by atoms with Gasteiger partial charge in [0.1, 0.15) is 5.82 Å². The standard InChI is InChI=1S/C21H21N3O/c1-15-6-5-9-17(12-15)21(25)24-20-11-10-19(14-23-20)22-13-18-8-4-3-7-16(18)2/h3-12,14,22H,13H2,1-2H3,(H,23,24,25). The summed E-state index contributed by atoms with van der Waals surface area (Å²) in [5.41, 5.74) is 5.10. The SMILES string of the molecule is Cc1cccc(C(=O)Nc2ccc(NCc3ccccc3C)cn2)c1. The van der Waals surface area contributed by atoms with Crippen LogP contribution in [0.4, 0.5) is 11.5 Å². The monoisotopic (exact) mass is 331 g/mol. The van der Waals surface area contributed by atoms with Crippen molar-refractivity contribution in [3.63, 3.8) is 0 Å². The molecule has 0 bridgehead atoms. The van der Waals surface area contributed by atoms with Crippen LogP contribution in [0.2, 0.25) is 0 Å². The van der Waals surface area contributed by atoms with E-state index in [1.807, 2.05) is 43.3 Å². The number of aryl methyl sites for hydroxylation is 2. The first-order chi connectivity index (χ1) is 12.1. The maximum Gasteiger partial charge on any atom is 0.256 e. The summed E-state index contributed by atoms with van der Waals surface area (Å²) < 4.78 is 0. The first-order valence-electron chi connectivity index (χ1n) is 8.24. The summed E-state index contributed by atoms with van der Waals surface area (Å²) >= 11 is 0. The van der Waals surface area contributed by atoms with Crippen LogP contribution in [0, 0.1) is 13.8 Å². The first-order valence-corrected chi connectivity index (χ1v) is 8.24. The summed E-state index contributed by atoms with van der Waals surface area (Å²) in [6, 6.07) is 19.5. The van der Waals surface area contributed by atoms with E-state index in [2.05, 4.69) is 34.7 Å². The summed E-state index contributed by atoms with van der Waals surface area (Å²) in [5.74, 6) is 0.379. The molecule has 0 aliphatic heterocycles. The smallest absolute Gasteiger partial charge is 0.256 e. The third-order valence-electron chi connectivity index (χ3n) is 4.03. The molecule has 0 saturated carbocycles. The number of aromatic nitrogens is 1. The lowest BCUT2D eigenvalue weighted by atomic mass is 10.1. The highest BCUT2D eigenvalue weighted by Gasteiger charge is 2.07. The van der Waals surface area contributed by atoms with E-state index < -0.39 is 0 Å². The van der Waals surface area contributed by atoms with Crippen molar-refractivity contribution < 1.29 is 4.79 Å². The molecular weight excluding hydrogens is 310 g/mol. The van der Waals surface area contributed by atoms with Gasteiger partial charge in [-0.05, 0) is 49.2 Å². The van der Waals surface area contributed by atoms with Crippen LogP contribution >= 0.6 is 0 Å². The zero-order valence-electron chi connectivity index (χ0n) is 14.4. The Morgan fingerprint density at radius 3 is 2.56 bits per heavy atom. The molecule has 4 heteroatoms. The Bertz CT molecular complexity index is 872. The number of hydrogen-bond donors (Lipinski definition) is 2. The third-order valence-corrected chi connectivity index (χ3v) is 4.03. The van der Waals surface area contributed by atoms with Gasteiger partial charge in [0.15, 0.2) is 0 Å². The molecule has 2 N–H and O–H groups in total. The van der Waals surface area contributed by atoms with Crippen molar-refractivity contribution in [3.8, 4) is 0 Å². The fourth-order valence-corrected chi connectivity index (χ4v) is 2.55. The molecular formula is C21H21N3O. The predicted molar refractivity (Wildman–Crippen MR) is 102 cm³/mol. The van der Waals surface area contributed by atoms with Gasteiger partial charge in [0.05, 0.1) is 11.9 Å². The highest BCUT2D eigenvalue weighted by Crippen LogP contribution is 2.14. The first kappa shape index (κ1) is 16.7. The van der Waals surface area contributed by atoms with Gasteiger partial charge in [0.2, 0.25) is 0 Å². The number of benzene rings is 2. The van der Waals surface area contributed by atoms with Crippen molar-refractivity contribution in [1.29, 1.82) is 0 Å². The van der Waals surface area contributed by atoms with Crippen LogP contribution in [-0.2, 0) is 6.54 Å². The topological polar surface area (TPSA) is 54.0 Å². The second-order valence-electron chi connectivity index (χ2n) is 6.04. The minimum atomic E-state index is -0.156. The van der Waals surface area contributed by atoms with Crippen molar-refractivity contribution in [2.24, 2.45) is 0 Å². The quantitative estimate of drug-likeness (QED) is 0.720. The fourth-order valence-electron chi connectivity index (χ4n) is 2.55. The van der Waals surface area contributed by atoms with Gasteiger partial charge in [0, 0.05) is 12.1 Å². The molecule has 0 aliphatic carbocycles. The predicted octanol–water partition coefficient (Wildman–Crippen LogP) is 4.56. The molecule has 2 aromatic carbocycles. The Morgan fingerprint density at radius 1 is 1.00 bits per heavy atom. The van der Waals surface area contributed by atoms with E-state index in [0.717, 1.165) is 17.8 Å². The average Bonchev–Trinajstić information content (AvgIpc) is 2.62. The van der Waals surface area contributed by atoms with E-state index in [-0.39, 0.29) is 5.91 Å². The van der Waals surface area contributed by atoms with Crippen LogP contribution in [0.25, 0.3) is 0 Å². The number of hydrogen-bond acceptors (Lipinski definition) is 3. The lowest BCUT2D eigenvalue weighted by Gasteiger charge is -2.10. The average molecular weight is 331 g/mol. The van der Waals surface area contributed by atoms with Gasteiger partial charge in [0.25, 0.3) is 5.91 Å². The van der Waals surface area contributed by atoms with Crippen molar-refractivity contribution in [2.45, 2.75) is 20.4 Å². The molecule has 0 fully saturated rings. The number of amides is 1. The van der Waals surface area contributed by atoms with Gasteiger partial charge in [-0.15, -0.1) is 0 Å². The summed E-state index contributed by atoms with van der Waals surface area (Å²) in [4.78, 5) is 16.5. The number of rotatable bonds is 5. The molecule has 0 spiro atoms. The summed E-state index contributed by atoms with van der Waals surface area (Å²) in [6.07, 6.45) is 1.73. The van der Waals surface area contributed by atoms with Crippen molar-refractivity contribution in [3.05, 3.63) is 89.1 Å². The van der Waals surface area contributed by atoms with E-state index >= 15 is 0 Å². The van der Waals surface area contributed by atoms with Crippen LogP contribution < -0.4 is 10.6 Å². The molecule has 0 aliphatic rings. The van der Waals surface area contributed by atoms with Gasteiger partial charge in [-0.25, -0.2) is 4.98 Å². The van der Waals surface area contributed by atoms with Gasteiger partial charge >= 0.3 is 0 Å². The molecule has 3 aromatic rings. The van der Waals surface area contributed by atoms with E-state index in [1.165, 1.54) is 11.1 Å². The van der Waals surface area contributed by atoms with Crippen LogP contribution in [-0.4, -0.2) is 10.9 Å². The zero-order valence-corrected chi connectivity index (χ0v) is 14.4. The van der Waals surface area contributed by atoms with Crippen LogP contribution in [0.3, 0.4) is 0 Å². The molecule has 0 atom stereocenters. The van der Waals surface area contributed by atoms with E-state index in [1.54, 1.807) is 18.3 Å². The molecule has 0 saturated heterocycles.